The molecular weight excluding hydrogens is 218 g/mol. The van der Waals surface area contributed by atoms with Gasteiger partial charge in [0.1, 0.15) is 5.84 Å². The van der Waals surface area contributed by atoms with Crippen LogP contribution in [0.15, 0.2) is 35.3 Å². The number of nitrogens with one attached hydrogen (secondary N) is 2. The quantitative estimate of drug-likeness (QED) is 0.484. The summed E-state index contributed by atoms with van der Waals surface area (Å²) in [6, 6.07) is 8.65. The zero-order valence-electron chi connectivity index (χ0n) is 13.9. The average Bonchev–Trinajstić information content (AvgIpc) is 2.38. The van der Waals surface area contributed by atoms with Crippen LogP contribution in [0, 0.1) is 0 Å². The predicted molar refractivity (Wildman–Crippen MR) is 74.1 cm³/mol. The molecule has 0 amide bonds. The molecule has 0 saturated carbocycles. The lowest BCUT2D eigenvalue weighted by Crippen LogP contribution is -2.22. The molecule has 0 radical (unpaired) electrons. The van der Waals surface area contributed by atoms with Crippen LogP contribution in [0.5, 0.6) is 0 Å². The van der Waals surface area contributed by atoms with Crippen LogP contribution >= 0.6 is 12.2 Å². The number of amidine groups is 1. The highest BCUT2D eigenvalue weighted by Crippen LogP contribution is 2.06. The molecule has 0 heterocycles. The van der Waals surface area contributed by atoms with E-state index >= 15 is 0 Å². The molecule has 0 aliphatic rings. The highest BCUT2D eigenvalue weighted by molar-refractivity contribution is 7.80. The van der Waals surface area contributed by atoms with Gasteiger partial charge in [0, 0.05) is 25.5 Å². The number of hydrogen-bond donors (Lipinski definition) is 2. The van der Waals surface area contributed by atoms with Crippen LogP contribution in [0.2, 0.25) is 0 Å². The van der Waals surface area contributed by atoms with Crippen LogP contribution in [-0.4, -0.2) is 17.5 Å². The molecule has 86 valence electrons. The van der Waals surface area contributed by atoms with E-state index in [1.165, 1.54) is 0 Å². The molecule has 0 atom stereocenters. The van der Waals surface area contributed by atoms with Crippen LogP contribution in [0.3, 0.4) is 0 Å². The molecule has 0 saturated heterocycles. The van der Waals surface area contributed by atoms with Gasteiger partial charge in [-0.2, -0.15) is 0 Å². The average molecular weight is 240 g/mol. The maximum atomic E-state index is 7.83. The van der Waals surface area contributed by atoms with Crippen LogP contribution in [0.1, 0.15) is 27.0 Å². The van der Waals surface area contributed by atoms with Gasteiger partial charge >= 0.3 is 0 Å². The summed E-state index contributed by atoms with van der Waals surface area (Å²) >= 11 is 4.95. The van der Waals surface area contributed by atoms with Gasteiger partial charge in [-0.05, 0) is 31.3 Å². The summed E-state index contributed by atoms with van der Waals surface area (Å²) in [6.07, 6.45) is -2.65. The molecule has 0 spiro atoms. The van der Waals surface area contributed by atoms with Crippen molar-refractivity contribution in [3.05, 3.63) is 30.3 Å². The highest BCUT2D eigenvalue weighted by atomic mass is 32.1. The van der Waals surface area contributed by atoms with Gasteiger partial charge in [0.25, 0.3) is 0 Å². The normalized spacial score (nSPS) is 17.3. The summed E-state index contributed by atoms with van der Waals surface area (Å²) in [5, 5.41) is 5.47. The van der Waals surface area contributed by atoms with Gasteiger partial charge in [0.15, 0.2) is 5.11 Å². The molecular formula is C12H17N3S. The van der Waals surface area contributed by atoms with Gasteiger partial charge < -0.3 is 10.6 Å². The molecule has 2 N–H and O–H groups in total. The number of rotatable bonds is 3. The third kappa shape index (κ3) is 4.40. The second kappa shape index (κ2) is 6.95. The van der Waals surface area contributed by atoms with Crippen molar-refractivity contribution >= 4 is 28.9 Å². The van der Waals surface area contributed by atoms with Crippen molar-refractivity contribution in [1.29, 1.82) is 0 Å². The summed E-state index contributed by atoms with van der Waals surface area (Å²) in [4.78, 5) is 3.89. The molecule has 4 heteroatoms. The first kappa shape index (κ1) is 7.01. The Hall–Kier alpha value is -1.42. The Labute approximate surface area is 109 Å². The highest BCUT2D eigenvalue weighted by Gasteiger charge is 1.98. The van der Waals surface area contributed by atoms with E-state index in [2.05, 4.69) is 15.6 Å². The van der Waals surface area contributed by atoms with E-state index < -0.39 is 13.2 Å². The van der Waals surface area contributed by atoms with Gasteiger partial charge in [-0.1, -0.05) is 25.1 Å². The molecule has 3 nitrogen and oxygen atoms in total. The Balaban J connectivity index is 3.15. The third-order valence-corrected chi connectivity index (χ3v) is 1.93. The second-order valence-corrected chi connectivity index (χ2v) is 3.30. The minimum Gasteiger partial charge on any atom is -0.361 e. The zero-order chi connectivity index (χ0) is 16.1. The summed E-state index contributed by atoms with van der Waals surface area (Å²) < 4.78 is 37.7. The maximum absolute atomic E-state index is 7.83. The summed E-state index contributed by atoms with van der Waals surface area (Å²) in [5.41, 5.74) is 0.531. The first-order chi connectivity index (χ1) is 9.68. The molecule has 0 unspecified atom stereocenters. The van der Waals surface area contributed by atoms with Crippen molar-refractivity contribution in [3.63, 3.8) is 0 Å². The van der Waals surface area contributed by atoms with Gasteiger partial charge in [0.05, 0.1) is 0 Å². The third-order valence-electron chi connectivity index (χ3n) is 1.70. The fraction of sp³-hybridized carbons (Fsp3) is 0.333. The van der Waals surface area contributed by atoms with E-state index in [0.717, 1.165) is 0 Å². The van der Waals surface area contributed by atoms with Crippen molar-refractivity contribution in [3.8, 4) is 0 Å². The van der Waals surface area contributed by atoms with Crippen LogP contribution < -0.4 is 10.6 Å². The minimum absolute atomic E-state index is 0.0315. The predicted octanol–water partition coefficient (Wildman–Crippen LogP) is 2.80. The lowest BCUT2D eigenvalue weighted by Gasteiger charge is -2.08. The van der Waals surface area contributed by atoms with Crippen LogP contribution in [0.4, 0.5) is 5.69 Å². The molecule has 1 rings (SSSR count). The molecule has 1 aromatic rings. The zero-order valence-corrected chi connectivity index (χ0v) is 9.77. The maximum Gasteiger partial charge on any atom is 0.194 e. The topological polar surface area (TPSA) is 36.4 Å². The lowest BCUT2D eigenvalue weighted by molar-refractivity contribution is 0.971. The number of aliphatic imine (C=N–C) groups is 1. The molecule has 16 heavy (non-hydrogen) atoms. The monoisotopic (exact) mass is 240 g/mol. The Bertz CT molecular complexity index is 513. The van der Waals surface area contributed by atoms with Crippen molar-refractivity contribution in [2.75, 3.05) is 11.9 Å². The number of anilines is 1. The number of hydrogen-bond acceptors (Lipinski definition) is 1. The molecule has 0 fully saturated rings. The fourth-order valence-electron chi connectivity index (χ4n) is 1.04. The van der Waals surface area contributed by atoms with Crippen molar-refractivity contribution < 1.29 is 6.85 Å². The van der Waals surface area contributed by atoms with Gasteiger partial charge in [-0.25, -0.2) is 4.99 Å². The Kier molecular flexibility index (Phi) is 3.05. The van der Waals surface area contributed by atoms with E-state index in [1.807, 2.05) is 6.92 Å². The second-order valence-electron chi connectivity index (χ2n) is 2.91. The Morgan fingerprint density at radius 1 is 1.50 bits per heavy atom. The standard InChI is InChI=1S/C12H17N3S/c1-3-11(15-12(16)13-4-2)14-10-8-6-5-7-9-10/h5-9H,3-4H2,1-2H3,(H2,13,14,15,16)/i1D3,3D2. The van der Waals surface area contributed by atoms with Gasteiger partial charge in [0.2, 0.25) is 0 Å². The van der Waals surface area contributed by atoms with E-state index in [1.54, 1.807) is 30.3 Å². The smallest absolute Gasteiger partial charge is 0.194 e. The van der Waals surface area contributed by atoms with E-state index in [4.69, 9.17) is 19.1 Å². The number of para-hydroxylation sites is 1. The van der Waals surface area contributed by atoms with Crippen molar-refractivity contribution in [2.45, 2.75) is 20.1 Å². The molecule has 0 aliphatic heterocycles. The van der Waals surface area contributed by atoms with Gasteiger partial charge in [-0.3, -0.25) is 0 Å². The van der Waals surface area contributed by atoms with Crippen LogP contribution in [-0.2, 0) is 0 Å². The van der Waals surface area contributed by atoms with E-state index in [-0.39, 0.29) is 10.9 Å². The Morgan fingerprint density at radius 3 is 2.88 bits per heavy atom. The minimum atomic E-state index is -2.87. The van der Waals surface area contributed by atoms with Crippen molar-refractivity contribution in [1.82, 2.24) is 5.32 Å². The molecule has 1 aromatic carbocycles. The van der Waals surface area contributed by atoms with E-state index in [0.29, 0.717) is 12.2 Å². The van der Waals surface area contributed by atoms with Gasteiger partial charge in [-0.15, -0.1) is 0 Å². The van der Waals surface area contributed by atoms with Crippen molar-refractivity contribution in [2.24, 2.45) is 4.99 Å². The first-order valence-corrected chi connectivity index (χ1v) is 5.28. The number of thiocarbonyl (C=S) groups is 1. The first-order valence-electron chi connectivity index (χ1n) is 7.37. The SMILES string of the molecule is [2H]C([2H])([2H])C([2H])([2H])C(=NC(=S)NCC)Nc1ccccc1. The largest absolute Gasteiger partial charge is 0.361 e. The molecule has 0 aromatic heterocycles. The summed E-state index contributed by atoms with van der Waals surface area (Å²) in [5.74, 6) is -0.348. The number of nitrogens with zero attached hydrogens (tertiary/aromatic N) is 1. The number of benzene rings is 1. The summed E-state index contributed by atoms with van der Waals surface area (Å²) in [7, 11) is 0. The fourth-order valence-corrected chi connectivity index (χ4v) is 1.27. The van der Waals surface area contributed by atoms with E-state index in [9.17, 15) is 0 Å². The Morgan fingerprint density at radius 2 is 2.25 bits per heavy atom. The summed E-state index contributed by atoms with van der Waals surface area (Å²) in [6.45, 7) is -0.544. The lowest BCUT2D eigenvalue weighted by atomic mass is 10.3. The van der Waals surface area contributed by atoms with Crippen LogP contribution in [0.25, 0.3) is 0 Å². The molecule has 0 aliphatic carbocycles. The molecule has 0 bridgehead atoms.